The molecule has 0 aromatic heterocycles. The Labute approximate surface area is 132 Å². The zero-order valence-electron chi connectivity index (χ0n) is 14.6. The third-order valence-corrected chi connectivity index (χ3v) is 6.60. The molecule has 0 N–H and O–H groups in total. The number of hydrogen-bond acceptors (Lipinski definition) is 0. The van der Waals surface area contributed by atoms with Gasteiger partial charge in [0, 0.05) is 0 Å². The number of rotatable bonds is 6. The van der Waals surface area contributed by atoms with Crippen LogP contribution in [0, 0.1) is 29.6 Å². The summed E-state index contributed by atoms with van der Waals surface area (Å²) in [4.78, 5) is 0. The minimum atomic E-state index is -0.495. The molecule has 0 aromatic carbocycles. The molecule has 2 aliphatic rings. The molecule has 0 aliphatic heterocycles. The summed E-state index contributed by atoms with van der Waals surface area (Å²) in [6, 6.07) is 0. The van der Waals surface area contributed by atoms with Crippen LogP contribution in [0.5, 0.6) is 0 Å². The second kappa shape index (κ2) is 8.53. The maximum Gasteiger partial charge on any atom is 0.103 e. The second-order valence-corrected chi connectivity index (χ2v) is 8.32. The lowest BCUT2D eigenvalue weighted by Gasteiger charge is -2.39. The van der Waals surface area contributed by atoms with Gasteiger partial charge in [-0.1, -0.05) is 59.3 Å². The Balaban J connectivity index is 1.69. The summed E-state index contributed by atoms with van der Waals surface area (Å²) in [7, 11) is 0. The van der Waals surface area contributed by atoms with Gasteiger partial charge in [-0.15, -0.1) is 0 Å². The van der Waals surface area contributed by atoms with Crippen LogP contribution in [0.4, 0.5) is 4.39 Å². The standard InChI is InChI=1S/C20H37F/c1-4-15(2)6-5-7-17-10-13-19(20(21)14-17)18-11-8-16(3)9-12-18/h15-20H,4-14H2,1-3H3. The van der Waals surface area contributed by atoms with Crippen molar-refractivity contribution in [3.05, 3.63) is 0 Å². The summed E-state index contributed by atoms with van der Waals surface area (Å²) < 4.78 is 14.6. The van der Waals surface area contributed by atoms with Gasteiger partial charge in [0.1, 0.15) is 6.17 Å². The zero-order valence-corrected chi connectivity index (χ0v) is 14.6. The molecular formula is C20H37F. The zero-order chi connectivity index (χ0) is 15.2. The molecule has 2 aliphatic carbocycles. The molecule has 1 heteroatoms. The summed E-state index contributed by atoms with van der Waals surface area (Å²) in [5.74, 6) is 3.53. The number of hydrogen-bond donors (Lipinski definition) is 0. The monoisotopic (exact) mass is 296 g/mol. The van der Waals surface area contributed by atoms with Gasteiger partial charge in [0.05, 0.1) is 0 Å². The largest absolute Gasteiger partial charge is 0.247 e. The fourth-order valence-corrected chi connectivity index (χ4v) is 4.69. The highest BCUT2D eigenvalue weighted by Crippen LogP contribution is 2.43. The van der Waals surface area contributed by atoms with E-state index in [2.05, 4.69) is 20.8 Å². The lowest BCUT2D eigenvalue weighted by Crippen LogP contribution is -2.33. The Morgan fingerprint density at radius 3 is 2.38 bits per heavy atom. The summed E-state index contributed by atoms with van der Waals surface area (Å²) in [6.45, 7) is 6.98. The summed E-state index contributed by atoms with van der Waals surface area (Å²) in [6.07, 6.45) is 13.4. The molecule has 0 heterocycles. The van der Waals surface area contributed by atoms with Crippen LogP contribution in [0.15, 0.2) is 0 Å². The van der Waals surface area contributed by atoms with Crippen molar-refractivity contribution in [3.63, 3.8) is 0 Å². The first-order valence-corrected chi connectivity index (χ1v) is 9.74. The van der Waals surface area contributed by atoms with Gasteiger partial charge >= 0.3 is 0 Å². The van der Waals surface area contributed by atoms with E-state index < -0.39 is 6.17 Å². The van der Waals surface area contributed by atoms with Crippen LogP contribution < -0.4 is 0 Å². The Morgan fingerprint density at radius 1 is 1.05 bits per heavy atom. The van der Waals surface area contributed by atoms with Crippen LogP contribution in [0.2, 0.25) is 0 Å². The van der Waals surface area contributed by atoms with E-state index in [1.807, 2.05) is 0 Å². The van der Waals surface area contributed by atoms with E-state index in [0.29, 0.717) is 17.8 Å². The molecule has 0 nitrogen and oxygen atoms in total. The van der Waals surface area contributed by atoms with Gasteiger partial charge in [-0.2, -0.15) is 0 Å². The van der Waals surface area contributed by atoms with Crippen molar-refractivity contribution in [3.8, 4) is 0 Å². The van der Waals surface area contributed by atoms with E-state index >= 15 is 0 Å². The molecule has 124 valence electrons. The van der Waals surface area contributed by atoms with Crippen molar-refractivity contribution < 1.29 is 4.39 Å². The lowest BCUT2D eigenvalue weighted by atomic mass is 9.68. The van der Waals surface area contributed by atoms with Gasteiger partial charge in [0.25, 0.3) is 0 Å². The average Bonchev–Trinajstić information content (AvgIpc) is 2.48. The van der Waals surface area contributed by atoms with Gasteiger partial charge in [-0.25, -0.2) is 4.39 Å². The van der Waals surface area contributed by atoms with E-state index in [-0.39, 0.29) is 0 Å². The predicted octanol–water partition coefficient (Wildman–Crippen LogP) is 6.78. The maximum atomic E-state index is 14.6. The van der Waals surface area contributed by atoms with Gasteiger partial charge in [-0.05, 0) is 61.7 Å². The van der Waals surface area contributed by atoms with Gasteiger partial charge in [0.15, 0.2) is 0 Å². The van der Waals surface area contributed by atoms with Crippen molar-refractivity contribution in [2.45, 2.75) is 97.6 Å². The first-order chi connectivity index (χ1) is 10.1. The molecular weight excluding hydrogens is 259 g/mol. The highest BCUT2D eigenvalue weighted by Gasteiger charge is 2.36. The third-order valence-electron chi connectivity index (χ3n) is 6.60. The Bertz CT molecular complexity index is 280. The Morgan fingerprint density at radius 2 is 1.76 bits per heavy atom. The second-order valence-electron chi connectivity index (χ2n) is 8.32. The van der Waals surface area contributed by atoms with E-state index in [1.165, 1.54) is 64.2 Å². The summed E-state index contributed by atoms with van der Waals surface area (Å²) in [5.41, 5.74) is 0. The molecule has 4 unspecified atom stereocenters. The molecule has 2 rings (SSSR count). The SMILES string of the molecule is CCC(C)CCCC1CCC(C2CCC(C)CC2)C(F)C1. The van der Waals surface area contributed by atoms with Crippen LogP contribution in [0.3, 0.4) is 0 Å². The molecule has 0 bridgehead atoms. The number of halogens is 1. The van der Waals surface area contributed by atoms with Gasteiger partial charge in [-0.3, -0.25) is 0 Å². The molecule has 0 aromatic rings. The highest BCUT2D eigenvalue weighted by atomic mass is 19.1. The predicted molar refractivity (Wildman–Crippen MR) is 90.2 cm³/mol. The highest BCUT2D eigenvalue weighted by molar-refractivity contribution is 4.86. The lowest BCUT2D eigenvalue weighted by molar-refractivity contribution is 0.0574. The van der Waals surface area contributed by atoms with E-state index in [9.17, 15) is 4.39 Å². The summed E-state index contributed by atoms with van der Waals surface area (Å²) in [5, 5.41) is 0. The molecule has 4 atom stereocenters. The van der Waals surface area contributed by atoms with E-state index in [1.54, 1.807) is 0 Å². The topological polar surface area (TPSA) is 0 Å². The number of alkyl halides is 1. The molecule has 21 heavy (non-hydrogen) atoms. The van der Waals surface area contributed by atoms with E-state index in [4.69, 9.17) is 0 Å². The Hall–Kier alpha value is -0.0700. The van der Waals surface area contributed by atoms with E-state index in [0.717, 1.165) is 18.3 Å². The normalized spacial score (nSPS) is 39.1. The first-order valence-electron chi connectivity index (χ1n) is 9.74. The van der Waals surface area contributed by atoms with Crippen molar-refractivity contribution in [2.24, 2.45) is 29.6 Å². The minimum absolute atomic E-state index is 0.406. The Kier molecular flexibility index (Phi) is 7.02. The van der Waals surface area contributed by atoms with Crippen LogP contribution >= 0.6 is 0 Å². The van der Waals surface area contributed by atoms with Crippen LogP contribution in [-0.2, 0) is 0 Å². The third kappa shape index (κ3) is 5.25. The van der Waals surface area contributed by atoms with Crippen molar-refractivity contribution in [2.75, 3.05) is 0 Å². The maximum absolute atomic E-state index is 14.6. The molecule has 2 saturated carbocycles. The summed E-state index contributed by atoms with van der Waals surface area (Å²) >= 11 is 0. The van der Waals surface area contributed by atoms with Gasteiger partial charge < -0.3 is 0 Å². The van der Waals surface area contributed by atoms with Crippen molar-refractivity contribution >= 4 is 0 Å². The fraction of sp³-hybridized carbons (Fsp3) is 1.00. The van der Waals surface area contributed by atoms with Gasteiger partial charge in [0.2, 0.25) is 0 Å². The quantitative estimate of drug-likeness (QED) is 0.506. The van der Waals surface area contributed by atoms with Crippen molar-refractivity contribution in [1.82, 2.24) is 0 Å². The molecule has 0 amide bonds. The smallest absolute Gasteiger partial charge is 0.103 e. The van der Waals surface area contributed by atoms with Crippen LogP contribution in [0.1, 0.15) is 91.4 Å². The molecule has 0 spiro atoms. The van der Waals surface area contributed by atoms with Crippen LogP contribution in [0.25, 0.3) is 0 Å². The molecule has 0 radical (unpaired) electrons. The van der Waals surface area contributed by atoms with Crippen LogP contribution in [-0.4, -0.2) is 6.17 Å². The van der Waals surface area contributed by atoms with Crippen molar-refractivity contribution in [1.29, 1.82) is 0 Å². The first kappa shape index (κ1) is 17.3. The molecule has 2 fully saturated rings. The average molecular weight is 297 g/mol. The fourth-order valence-electron chi connectivity index (χ4n) is 4.69. The molecule has 0 saturated heterocycles. The minimum Gasteiger partial charge on any atom is -0.247 e.